The number of hydrogen-bond acceptors (Lipinski definition) is 4. The SMILES string of the molecule is CS(=O)(=O)C(F)S(C)(=O)=O. The van der Waals surface area contributed by atoms with E-state index in [0.29, 0.717) is 12.5 Å². The lowest BCUT2D eigenvalue weighted by molar-refractivity contribution is 0.482. The van der Waals surface area contributed by atoms with Crippen LogP contribution in [-0.2, 0) is 19.7 Å². The minimum atomic E-state index is -4.12. The fourth-order valence-corrected chi connectivity index (χ4v) is 2.86. The van der Waals surface area contributed by atoms with Gasteiger partial charge in [-0.15, -0.1) is 0 Å². The topological polar surface area (TPSA) is 68.3 Å². The molecular weight excluding hydrogens is 183 g/mol. The monoisotopic (exact) mass is 190 g/mol. The van der Waals surface area contributed by atoms with Crippen LogP contribution in [0.3, 0.4) is 0 Å². The van der Waals surface area contributed by atoms with Crippen LogP contribution in [0.5, 0.6) is 0 Å². The van der Waals surface area contributed by atoms with E-state index >= 15 is 0 Å². The number of rotatable bonds is 2. The predicted octanol–water partition coefficient (Wildman–Crippen LogP) is -0.671. The first-order valence-corrected chi connectivity index (χ1v) is 6.08. The number of hydrogen-bond donors (Lipinski definition) is 0. The van der Waals surface area contributed by atoms with Crippen LogP contribution in [0.1, 0.15) is 0 Å². The molecule has 0 rings (SSSR count). The third-order valence-electron chi connectivity index (χ3n) is 0.673. The lowest BCUT2D eigenvalue weighted by Gasteiger charge is -2.00. The van der Waals surface area contributed by atoms with Crippen LogP contribution < -0.4 is 0 Å². The molecule has 0 fully saturated rings. The van der Waals surface area contributed by atoms with Crippen molar-refractivity contribution in [1.82, 2.24) is 0 Å². The first-order chi connectivity index (χ1) is 4.15. The van der Waals surface area contributed by atoms with Crippen molar-refractivity contribution >= 4 is 19.7 Å². The molecule has 0 saturated carbocycles. The van der Waals surface area contributed by atoms with Crippen LogP contribution in [0, 0.1) is 0 Å². The van der Waals surface area contributed by atoms with Gasteiger partial charge in [0.2, 0.25) is 0 Å². The van der Waals surface area contributed by atoms with Crippen LogP contribution >= 0.6 is 0 Å². The van der Waals surface area contributed by atoms with Crippen LogP contribution in [0.25, 0.3) is 0 Å². The fourth-order valence-electron chi connectivity index (χ4n) is 0.318. The third-order valence-corrected chi connectivity index (χ3v) is 4.12. The Kier molecular flexibility index (Phi) is 2.42. The lowest BCUT2D eigenvalue weighted by Crippen LogP contribution is -2.23. The van der Waals surface area contributed by atoms with E-state index < -0.39 is 24.5 Å². The molecule has 0 aliphatic rings. The molecule has 62 valence electrons. The van der Waals surface area contributed by atoms with Crippen molar-refractivity contribution in [2.45, 2.75) is 4.84 Å². The van der Waals surface area contributed by atoms with E-state index in [4.69, 9.17) is 0 Å². The highest BCUT2D eigenvalue weighted by Crippen LogP contribution is 2.07. The van der Waals surface area contributed by atoms with Crippen LogP contribution in [0.15, 0.2) is 0 Å². The van der Waals surface area contributed by atoms with E-state index in [1.54, 1.807) is 0 Å². The van der Waals surface area contributed by atoms with Gasteiger partial charge in [-0.05, 0) is 0 Å². The van der Waals surface area contributed by atoms with Gasteiger partial charge in [-0.2, -0.15) is 0 Å². The Balaban J connectivity index is 4.94. The van der Waals surface area contributed by atoms with Gasteiger partial charge in [-0.1, -0.05) is 0 Å². The summed E-state index contributed by atoms with van der Waals surface area (Å²) in [4.78, 5) is -2.79. The maximum atomic E-state index is 12.2. The molecule has 0 spiro atoms. The van der Waals surface area contributed by atoms with Gasteiger partial charge in [0.25, 0.3) is 4.84 Å². The highest BCUT2D eigenvalue weighted by atomic mass is 32.3. The van der Waals surface area contributed by atoms with Gasteiger partial charge >= 0.3 is 0 Å². The number of sulfone groups is 2. The molecule has 0 amide bonds. The second-order valence-electron chi connectivity index (χ2n) is 1.93. The van der Waals surface area contributed by atoms with Crippen LogP contribution in [0.2, 0.25) is 0 Å². The second-order valence-corrected chi connectivity index (χ2v) is 6.38. The molecule has 0 aromatic heterocycles. The zero-order chi connectivity index (χ0) is 8.58. The summed E-state index contributed by atoms with van der Waals surface area (Å²) in [6, 6.07) is 0. The highest BCUT2D eigenvalue weighted by molar-refractivity contribution is 8.08. The summed E-state index contributed by atoms with van der Waals surface area (Å²) >= 11 is 0. The summed E-state index contributed by atoms with van der Waals surface area (Å²) in [7, 11) is -8.23. The number of halogens is 1. The first-order valence-electron chi connectivity index (χ1n) is 2.17. The molecule has 0 saturated heterocycles. The molecule has 0 heterocycles. The molecule has 0 unspecified atom stereocenters. The molecule has 0 atom stereocenters. The predicted molar refractivity (Wildman–Crippen MR) is 34.6 cm³/mol. The Morgan fingerprint density at radius 2 is 1.20 bits per heavy atom. The molecule has 10 heavy (non-hydrogen) atoms. The molecule has 0 aromatic rings. The van der Waals surface area contributed by atoms with E-state index in [0.717, 1.165) is 0 Å². The molecular formula is C3H7FO4S2. The van der Waals surface area contributed by atoms with Gasteiger partial charge < -0.3 is 0 Å². The van der Waals surface area contributed by atoms with E-state index in [2.05, 4.69) is 0 Å². The third kappa shape index (κ3) is 2.61. The van der Waals surface area contributed by atoms with Crippen molar-refractivity contribution in [2.75, 3.05) is 12.5 Å². The summed E-state index contributed by atoms with van der Waals surface area (Å²) in [5.74, 6) is 0. The summed E-state index contributed by atoms with van der Waals surface area (Å²) in [5.41, 5.74) is 0. The fraction of sp³-hybridized carbons (Fsp3) is 1.00. The average molecular weight is 190 g/mol. The maximum Gasteiger partial charge on any atom is 0.299 e. The summed E-state index contributed by atoms with van der Waals surface area (Å²) in [6.45, 7) is 0. The lowest BCUT2D eigenvalue weighted by atomic mass is 11.8. The van der Waals surface area contributed by atoms with Gasteiger partial charge in [-0.3, -0.25) is 0 Å². The molecule has 0 aliphatic carbocycles. The molecule has 0 aliphatic heterocycles. The molecule has 0 N–H and O–H groups in total. The van der Waals surface area contributed by atoms with Gasteiger partial charge in [0.15, 0.2) is 19.7 Å². The Hall–Kier alpha value is -0.170. The largest absolute Gasteiger partial charge is 0.299 e. The smallest absolute Gasteiger partial charge is 0.225 e. The normalized spacial score (nSPS) is 14.0. The zero-order valence-corrected chi connectivity index (χ0v) is 7.04. The average Bonchev–Trinajstić information content (AvgIpc) is 1.59. The Bertz CT molecular complexity index is 267. The first kappa shape index (κ1) is 9.83. The molecule has 4 nitrogen and oxygen atoms in total. The standard InChI is InChI=1S/C3H7FO4S2/c1-9(5,6)3(4)10(2,7)8/h3H,1-2H3. The van der Waals surface area contributed by atoms with E-state index in [1.807, 2.05) is 0 Å². The minimum absolute atomic E-state index is 0.527. The van der Waals surface area contributed by atoms with Gasteiger partial charge in [0, 0.05) is 12.5 Å². The summed E-state index contributed by atoms with van der Waals surface area (Å²) < 4.78 is 53.1. The van der Waals surface area contributed by atoms with Gasteiger partial charge in [0.1, 0.15) is 0 Å². The Morgan fingerprint density at radius 1 is 1.00 bits per heavy atom. The van der Waals surface area contributed by atoms with Gasteiger partial charge in [-0.25, -0.2) is 21.2 Å². The van der Waals surface area contributed by atoms with Crippen molar-refractivity contribution in [1.29, 1.82) is 0 Å². The van der Waals surface area contributed by atoms with Crippen molar-refractivity contribution < 1.29 is 21.2 Å². The van der Waals surface area contributed by atoms with Crippen molar-refractivity contribution in [3.63, 3.8) is 0 Å². The molecule has 7 heteroatoms. The highest BCUT2D eigenvalue weighted by Gasteiger charge is 2.30. The molecule has 0 bridgehead atoms. The van der Waals surface area contributed by atoms with Crippen molar-refractivity contribution in [2.24, 2.45) is 0 Å². The van der Waals surface area contributed by atoms with Crippen LogP contribution in [0.4, 0.5) is 4.39 Å². The summed E-state index contributed by atoms with van der Waals surface area (Å²) in [6.07, 6.45) is 1.05. The second kappa shape index (κ2) is 2.46. The molecule has 0 radical (unpaired) electrons. The summed E-state index contributed by atoms with van der Waals surface area (Å²) in [5, 5.41) is 0. The zero-order valence-electron chi connectivity index (χ0n) is 5.40. The van der Waals surface area contributed by atoms with E-state index in [1.165, 1.54) is 0 Å². The van der Waals surface area contributed by atoms with Crippen molar-refractivity contribution in [3.05, 3.63) is 0 Å². The minimum Gasteiger partial charge on any atom is -0.225 e. The Labute approximate surface area is 58.9 Å². The quantitative estimate of drug-likeness (QED) is 0.579. The van der Waals surface area contributed by atoms with Crippen molar-refractivity contribution in [3.8, 4) is 0 Å². The van der Waals surface area contributed by atoms with Gasteiger partial charge in [0.05, 0.1) is 0 Å². The van der Waals surface area contributed by atoms with E-state index in [-0.39, 0.29) is 0 Å². The van der Waals surface area contributed by atoms with E-state index in [9.17, 15) is 21.2 Å². The maximum absolute atomic E-state index is 12.2. The number of alkyl halides is 1. The Morgan fingerprint density at radius 3 is 1.20 bits per heavy atom. The van der Waals surface area contributed by atoms with Crippen LogP contribution in [-0.4, -0.2) is 34.2 Å². The molecule has 0 aromatic carbocycles.